The lowest BCUT2D eigenvalue weighted by molar-refractivity contribution is -0.161. The van der Waals surface area contributed by atoms with E-state index in [4.69, 9.17) is 37.0 Å². The molecule has 0 saturated heterocycles. The van der Waals surface area contributed by atoms with E-state index in [0.717, 1.165) is 108 Å². The van der Waals surface area contributed by atoms with Gasteiger partial charge in [0.05, 0.1) is 26.4 Å². The second kappa shape index (κ2) is 68.8. The van der Waals surface area contributed by atoms with E-state index in [0.29, 0.717) is 25.7 Å². The van der Waals surface area contributed by atoms with Crippen molar-refractivity contribution < 1.29 is 80.2 Å². The number of phosphoric ester groups is 2. The summed E-state index contributed by atoms with van der Waals surface area (Å²) in [6.45, 7) is 9.56. The van der Waals surface area contributed by atoms with E-state index in [1.165, 1.54) is 212 Å². The van der Waals surface area contributed by atoms with Crippen molar-refractivity contribution >= 4 is 39.5 Å². The minimum Gasteiger partial charge on any atom is -0.462 e. The Hall–Kier alpha value is -1.94. The molecule has 0 radical (unpaired) electrons. The predicted molar refractivity (Wildman–Crippen MR) is 391 cm³/mol. The maximum Gasteiger partial charge on any atom is 0.472 e. The van der Waals surface area contributed by atoms with E-state index in [1.54, 1.807) is 0 Å². The zero-order chi connectivity index (χ0) is 70.7. The van der Waals surface area contributed by atoms with Gasteiger partial charge in [-0.05, 0) is 37.5 Å². The molecule has 0 spiro atoms. The highest BCUT2D eigenvalue weighted by Gasteiger charge is 2.30. The Bertz CT molecular complexity index is 1860. The van der Waals surface area contributed by atoms with Gasteiger partial charge in [0.15, 0.2) is 12.2 Å². The summed E-state index contributed by atoms with van der Waals surface area (Å²) in [6, 6.07) is 0. The van der Waals surface area contributed by atoms with Gasteiger partial charge in [-0.25, -0.2) is 9.13 Å². The van der Waals surface area contributed by atoms with E-state index >= 15 is 0 Å². The molecule has 0 aliphatic rings. The third-order valence-electron chi connectivity index (χ3n) is 18.3. The fourth-order valence-corrected chi connectivity index (χ4v) is 13.4. The molecule has 570 valence electrons. The highest BCUT2D eigenvalue weighted by atomic mass is 31.2. The van der Waals surface area contributed by atoms with Gasteiger partial charge in [0.25, 0.3) is 0 Å². The molecule has 19 heteroatoms. The summed E-state index contributed by atoms with van der Waals surface area (Å²) in [4.78, 5) is 72.7. The van der Waals surface area contributed by atoms with Crippen molar-refractivity contribution in [3.8, 4) is 0 Å². The Balaban J connectivity index is 5.17. The number of carbonyl (C=O) groups is 4. The van der Waals surface area contributed by atoms with Crippen LogP contribution in [0.25, 0.3) is 0 Å². The van der Waals surface area contributed by atoms with E-state index in [9.17, 15) is 43.2 Å². The molecule has 0 bridgehead atoms. The van der Waals surface area contributed by atoms with E-state index < -0.39 is 97.5 Å². The number of aliphatic hydroxyl groups excluding tert-OH is 1. The molecule has 0 rings (SSSR count). The molecule has 0 heterocycles. The average molecular weight is 1410 g/mol. The monoisotopic (exact) mass is 1410 g/mol. The fraction of sp³-hybridized carbons (Fsp3) is 0.948. The average Bonchev–Trinajstić information content (AvgIpc) is 2.77. The zero-order valence-corrected chi connectivity index (χ0v) is 64.5. The molecule has 0 aliphatic heterocycles. The van der Waals surface area contributed by atoms with Crippen LogP contribution in [-0.2, 0) is 65.4 Å². The summed E-state index contributed by atoms with van der Waals surface area (Å²) >= 11 is 0. The van der Waals surface area contributed by atoms with Crippen LogP contribution in [0.1, 0.15) is 401 Å². The third-order valence-corrected chi connectivity index (χ3v) is 20.2. The number of phosphoric acid groups is 2. The Labute approximate surface area is 588 Å². The normalized spacial score (nSPS) is 14.3. The zero-order valence-electron chi connectivity index (χ0n) is 62.7. The van der Waals surface area contributed by atoms with Crippen LogP contribution in [0.5, 0.6) is 0 Å². The van der Waals surface area contributed by atoms with Gasteiger partial charge in [0, 0.05) is 25.7 Å². The number of ether oxygens (including phenoxy) is 4. The van der Waals surface area contributed by atoms with Crippen molar-refractivity contribution in [1.82, 2.24) is 0 Å². The second-order valence-electron chi connectivity index (χ2n) is 28.5. The van der Waals surface area contributed by atoms with Gasteiger partial charge >= 0.3 is 39.5 Å². The van der Waals surface area contributed by atoms with Crippen molar-refractivity contribution in [2.45, 2.75) is 419 Å². The summed E-state index contributed by atoms with van der Waals surface area (Å²) in [5, 5.41) is 10.6. The highest BCUT2D eigenvalue weighted by Crippen LogP contribution is 2.45. The van der Waals surface area contributed by atoms with Crippen LogP contribution in [0.4, 0.5) is 0 Å². The van der Waals surface area contributed by atoms with Gasteiger partial charge < -0.3 is 33.8 Å². The van der Waals surface area contributed by atoms with Crippen LogP contribution in [-0.4, -0.2) is 96.7 Å². The molecule has 0 saturated carbocycles. The highest BCUT2D eigenvalue weighted by molar-refractivity contribution is 7.47. The first-order valence-electron chi connectivity index (χ1n) is 40.0. The number of hydrogen-bond donors (Lipinski definition) is 3. The summed E-state index contributed by atoms with van der Waals surface area (Å²) in [6.07, 6.45) is 57.1. The summed E-state index contributed by atoms with van der Waals surface area (Å²) in [5.41, 5.74) is 0. The van der Waals surface area contributed by atoms with Gasteiger partial charge in [-0.2, -0.15) is 0 Å². The van der Waals surface area contributed by atoms with Crippen LogP contribution in [0.3, 0.4) is 0 Å². The first-order chi connectivity index (χ1) is 46.4. The van der Waals surface area contributed by atoms with Crippen molar-refractivity contribution in [2.24, 2.45) is 11.8 Å². The van der Waals surface area contributed by atoms with Crippen LogP contribution in [0.2, 0.25) is 0 Å². The summed E-state index contributed by atoms with van der Waals surface area (Å²) < 4.78 is 68.4. The van der Waals surface area contributed by atoms with Gasteiger partial charge in [-0.3, -0.25) is 37.3 Å². The van der Waals surface area contributed by atoms with E-state index in [-0.39, 0.29) is 25.7 Å². The smallest absolute Gasteiger partial charge is 0.462 e. The van der Waals surface area contributed by atoms with E-state index in [2.05, 4.69) is 41.5 Å². The lowest BCUT2D eigenvalue weighted by atomic mass is 10.00. The number of rotatable bonds is 76. The Morgan fingerprint density at radius 1 is 0.302 bits per heavy atom. The molecule has 0 aliphatic carbocycles. The maximum absolute atomic E-state index is 13.1. The molecule has 3 N–H and O–H groups in total. The fourth-order valence-electron chi connectivity index (χ4n) is 11.8. The quantitative estimate of drug-likeness (QED) is 0.0222. The largest absolute Gasteiger partial charge is 0.472 e. The van der Waals surface area contributed by atoms with Crippen molar-refractivity contribution in [1.29, 1.82) is 0 Å². The minimum absolute atomic E-state index is 0.103. The molecule has 3 unspecified atom stereocenters. The van der Waals surface area contributed by atoms with Gasteiger partial charge in [-0.15, -0.1) is 0 Å². The maximum atomic E-state index is 13.1. The second-order valence-corrected chi connectivity index (χ2v) is 31.4. The van der Waals surface area contributed by atoms with Crippen molar-refractivity contribution in [3.63, 3.8) is 0 Å². The molecular weight excluding hydrogens is 1260 g/mol. The molecular formula is C77H150O17P2. The molecule has 0 aromatic carbocycles. The van der Waals surface area contributed by atoms with Crippen LogP contribution in [0, 0.1) is 11.8 Å². The van der Waals surface area contributed by atoms with Gasteiger partial charge in [0.1, 0.15) is 19.3 Å². The molecule has 0 aromatic heterocycles. The number of hydrogen-bond acceptors (Lipinski definition) is 15. The molecule has 0 amide bonds. The number of aliphatic hydroxyl groups is 1. The number of unbranched alkanes of at least 4 members (excludes halogenated alkanes) is 45. The number of esters is 4. The summed E-state index contributed by atoms with van der Waals surface area (Å²) in [5.74, 6) is -0.579. The van der Waals surface area contributed by atoms with Crippen LogP contribution < -0.4 is 0 Å². The lowest BCUT2D eigenvalue weighted by Gasteiger charge is -2.21. The molecule has 0 fully saturated rings. The molecule has 17 nitrogen and oxygen atoms in total. The first kappa shape index (κ1) is 94.1. The minimum atomic E-state index is -4.96. The Kier molecular flexibility index (Phi) is 67.4. The molecule has 0 aromatic rings. The van der Waals surface area contributed by atoms with Crippen molar-refractivity contribution in [3.05, 3.63) is 0 Å². The summed E-state index contributed by atoms with van der Waals surface area (Å²) in [7, 11) is -9.91. The third kappa shape index (κ3) is 69.2. The first-order valence-corrected chi connectivity index (χ1v) is 43.0. The van der Waals surface area contributed by atoms with Gasteiger partial charge in [-0.1, -0.05) is 350 Å². The lowest BCUT2D eigenvalue weighted by Crippen LogP contribution is -2.30. The Morgan fingerprint density at radius 3 is 0.792 bits per heavy atom. The van der Waals surface area contributed by atoms with Gasteiger partial charge in [0.2, 0.25) is 0 Å². The van der Waals surface area contributed by atoms with E-state index in [1.807, 2.05) is 0 Å². The topological polar surface area (TPSA) is 237 Å². The van der Waals surface area contributed by atoms with Crippen LogP contribution in [0.15, 0.2) is 0 Å². The molecule has 96 heavy (non-hydrogen) atoms. The Morgan fingerprint density at radius 2 is 0.531 bits per heavy atom. The van der Waals surface area contributed by atoms with Crippen LogP contribution >= 0.6 is 15.6 Å². The SMILES string of the molecule is CCCCCCCCCCCCCCCCCCCC(=O)OC[C@H](COP(=O)(O)OC[C@@H](O)COP(=O)(O)OC[C@@H](COC(=O)CCCCCCCCCC)OC(=O)CCCCCCCCC(C)CC)OC(=O)CCCCCCCCCCCCCCCCCCCCC(C)C. The molecule has 6 atom stereocenters. The standard InChI is InChI=1S/C77H150O17P2/c1-7-10-12-14-16-18-19-20-21-24-28-31-34-37-41-48-54-60-75(80)88-65-72(93-76(81)61-55-49-42-38-35-32-29-26-23-22-25-27-30-33-36-39-45-51-57-69(4)5)67-91-95(83,84)89-63-71(78)64-90-96(85,86)92-68-73(66-87-74(79)59-53-47-40-17-15-13-11-8-2)94-77(82)62-56-50-44-43-46-52-58-70(6)9-3/h69-73,78H,7-68H2,1-6H3,(H,83,84)(H,85,86)/t70?,71-,72-,73-/m1/s1. The van der Waals surface area contributed by atoms with Crippen molar-refractivity contribution in [2.75, 3.05) is 39.6 Å². The predicted octanol–water partition coefficient (Wildman–Crippen LogP) is 22.7. The number of carbonyl (C=O) groups excluding carboxylic acids is 4.